The predicted molar refractivity (Wildman–Crippen MR) is 197 cm³/mol. The molecule has 0 aliphatic carbocycles. The first kappa shape index (κ1) is 27.1. The van der Waals surface area contributed by atoms with E-state index in [1.54, 1.807) is 0 Å². The summed E-state index contributed by atoms with van der Waals surface area (Å²) in [6.45, 7) is 0. The van der Waals surface area contributed by atoms with Gasteiger partial charge in [0.05, 0.1) is 45.3 Å². The van der Waals surface area contributed by atoms with Crippen molar-refractivity contribution in [2.45, 2.75) is 0 Å². The van der Waals surface area contributed by atoms with Gasteiger partial charge in [-0.15, -0.1) is 0 Å². The van der Waals surface area contributed by atoms with Gasteiger partial charge in [-0.1, -0.05) is 72.8 Å². The van der Waals surface area contributed by atoms with Crippen molar-refractivity contribution in [3.63, 3.8) is 0 Å². The second-order valence-corrected chi connectivity index (χ2v) is 12.4. The fraction of sp³-hybridized carbons (Fsp3) is 0. The highest BCUT2D eigenvalue weighted by atomic mass is 16.3. The molecule has 10 aromatic rings. The Morgan fingerprint density at radius 2 is 0.898 bits per heavy atom. The van der Waals surface area contributed by atoms with Crippen LogP contribution in [0.1, 0.15) is 11.1 Å². The maximum absolute atomic E-state index is 10.3. The Labute approximate surface area is 280 Å². The Kier molecular flexibility index (Phi) is 5.64. The molecule has 0 radical (unpaired) electrons. The molecule has 0 N–H and O–H groups in total. The van der Waals surface area contributed by atoms with Gasteiger partial charge in [-0.05, 0) is 83.9 Å². The molecule has 0 amide bonds. The minimum atomic E-state index is 0.536. The van der Waals surface area contributed by atoms with E-state index < -0.39 is 0 Å². The molecule has 0 saturated heterocycles. The first-order valence-corrected chi connectivity index (χ1v) is 16.1. The number of para-hydroxylation sites is 4. The molecular weight excluding hydrogens is 601 g/mol. The molecule has 7 aromatic carbocycles. The highest BCUT2D eigenvalue weighted by Gasteiger charge is 2.20. The summed E-state index contributed by atoms with van der Waals surface area (Å²) < 4.78 is 10.7. The highest BCUT2D eigenvalue weighted by molar-refractivity contribution is 6.27. The summed E-state index contributed by atoms with van der Waals surface area (Å²) in [5.74, 6) is 0. The topological polar surface area (TPSA) is 70.6 Å². The summed E-state index contributed by atoms with van der Waals surface area (Å²) in [7, 11) is 0. The average Bonchev–Trinajstić information content (AvgIpc) is 3.82. The van der Waals surface area contributed by atoms with Gasteiger partial charge in [0, 0.05) is 43.7 Å². The third-order valence-electron chi connectivity index (χ3n) is 9.70. The summed E-state index contributed by atoms with van der Waals surface area (Å²) in [5, 5.41) is 27.2. The van der Waals surface area contributed by atoms with Crippen molar-refractivity contribution in [3.05, 3.63) is 157 Å². The molecule has 226 valence electrons. The maximum atomic E-state index is 10.3. The minimum absolute atomic E-state index is 0.536. The molecule has 0 spiro atoms. The molecule has 49 heavy (non-hydrogen) atoms. The van der Waals surface area contributed by atoms with Gasteiger partial charge in [0.1, 0.15) is 11.2 Å². The molecule has 3 heterocycles. The average molecular weight is 625 g/mol. The van der Waals surface area contributed by atoms with E-state index in [9.17, 15) is 10.5 Å². The van der Waals surface area contributed by atoms with Crippen molar-refractivity contribution in [1.82, 2.24) is 9.13 Å². The van der Waals surface area contributed by atoms with Crippen LogP contribution in [0.4, 0.5) is 0 Å². The standard InChI is InChI=1S/C44H24N4O/c45-25-27-19-29(23-31(21-27)47-37-13-5-1-9-33(37)34-10-2-6-14-38(34)47)30-20-28(26-46)22-32(24-30)48-39-15-7-3-11-35(39)43-40(48)17-18-42-44(43)36-12-4-8-16-41(36)49-42/h1-24H. The molecule has 0 saturated carbocycles. The Morgan fingerprint density at radius 1 is 0.408 bits per heavy atom. The predicted octanol–water partition coefficient (Wildman–Crippen LogP) is 11.2. The van der Waals surface area contributed by atoms with Crippen LogP contribution >= 0.6 is 0 Å². The van der Waals surface area contributed by atoms with Gasteiger partial charge >= 0.3 is 0 Å². The van der Waals surface area contributed by atoms with Crippen LogP contribution in [0.5, 0.6) is 0 Å². The van der Waals surface area contributed by atoms with E-state index >= 15 is 0 Å². The van der Waals surface area contributed by atoms with E-state index in [0.29, 0.717) is 11.1 Å². The number of nitriles is 2. The Morgan fingerprint density at radius 3 is 1.49 bits per heavy atom. The largest absolute Gasteiger partial charge is 0.456 e. The van der Waals surface area contributed by atoms with Crippen LogP contribution in [0.2, 0.25) is 0 Å². The molecule has 0 unspecified atom stereocenters. The quantitative estimate of drug-likeness (QED) is 0.196. The zero-order chi connectivity index (χ0) is 32.6. The van der Waals surface area contributed by atoms with Gasteiger partial charge in [-0.3, -0.25) is 0 Å². The van der Waals surface area contributed by atoms with E-state index in [1.807, 2.05) is 66.7 Å². The van der Waals surface area contributed by atoms with Crippen molar-refractivity contribution in [3.8, 4) is 34.6 Å². The summed E-state index contributed by atoms with van der Waals surface area (Å²) in [4.78, 5) is 0. The normalized spacial score (nSPS) is 11.6. The molecule has 0 aliphatic heterocycles. The third-order valence-corrected chi connectivity index (χ3v) is 9.70. The lowest BCUT2D eigenvalue weighted by Crippen LogP contribution is -1.98. The molecule has 0 bridgehead atoms. The molecule has 0 atom stereocenters. The van der Waals surface area contributed by atoms with Gasteiger partial charge in [0.15, 0.2) is 0 Å². The maximum Gasteiger partial charge on any atom is 0.136 e. The summed E-state index contributed by atoms with van der Waals surface area (Å²) in [6, 6.07) is 54.1. The van der Waals surface area contributed by atoms with Gasteiger partial charge < -0.3 is 13.6 Å². The summed E-state index contributed by atoms with van der Waals surface area (Å²) in [5.41, 5.74) is 10.5. The monoisotopic (exact) mass is 624 g/mol. The van der Waals surface area contributed by atoms with Crippen LogP contribution < -0.4 is 0 Å². The summed E-state index contributed by atoms with van der Waals surface area (Å²) in [6.07, 6.45) is 0. The number of nitrogens with zero attached hydrogens (tertiary/aromatic N) is 4. The zero-order valence-corrected chi connectivity index (χ0v) is 26.1. The van der Waals surface area contributed by atoms with Crippen LogP contribution in [-0.2, 0) is 0 Å². The van der Waals surface area contributed by atoms with E-state index in [4.69, 9.17) is 4.42 Å². The Balaban J connectivity index is 1.24. The number of fused-ring (bicyclic) bond motifs is 10. The Hall–Kier alpha value is -7.08. The molecule has 5 heteroatoms. The van der Waals surface area contributed by atoms with Crippen LogP contribution in [0, 0.1) is 22.7 Å². The lowest BCUT2D eigenvalue weighted by Gasteiger charge is -2.14. The first-order chi connectivity index (χ1) is 24.2. The zero-order valence-electron chi connectivity index (χ0n) is 26.1. The molecular formula is C44H24N4O. The third kappa shape index (κ3) is 3.91. The van der Waals surface area contributed by atoms with Crippen molar-refractivity contribution >= 4 is 65.6 Å². The van der Waals surface area contributed by atoms with Gasteiger partial charge in [-0.2, -0.15) is 10.5 Å². The molecule has 10 rings (SSSR count). The van der Waals surface area contributed by atoms with Gasteiger partial charge in [0.2, 0.25) is 0 Å². The fourth-order valence-electron chi connectivity index (χ4n) is 7.70. The lowest BCUT2D eigenvalue weighted by atomic mass is 9.99. The molecule has 0 fully saturated rings. The second-order valence-electron chi connectivity index (χ2n) is 12.4. The SMILES string of the molecule is N#Cc1cc(-c2cc(C#N)cc(-n3c4ccccc4c4c5c(ccc43)oc3ccccc35)c2)cc(-n2c3ccccc3c3ccccc32)c1. The minimum Gasteiger partial charge on any atom is -0.456 e. The first-order valence-electron chi connectivity index (χ1n) is 16.1. The fourth-order valence-corrected chi connectivity index (χ4v) is 7.70. The van der Waals surface area contributed by atoms with Crippen LogP contribution in [0.25, 0.3) is 88.1 Å². The van der Waals surface area contributed by atoms with E-state index in [-0.39, 0.29) is 0 Å². The highest BCUT2D eigenvalue weighted by Crippen LogP contribution is 2.42. The Bertz CT molecular complexity index is 3030. The van der Waals surface area contributed by atoms with Crippen molar-refractivity contribution < 1.29 is 4.42 Å². The molecule has 5 nitrogen and oxygen atoms in total. The van der Waals surface area contributed by atoms with E-state index in [2.05, 4.69) is 100 Å². The number of hydrogen-bond donors (Lipinski definition) is 0. The molecule has 0 aliphatic rings. The van der Waals surface area contributed by atoms with Crippen LogP contribution in [0.15, 0.2) is 150 Å². The van der Waals surface area contributed by atoms with Crippen molar-refractivity contribution in [2.75, 3.05) is 0 Å². The van der Waals surface area contributed by atoms with Crippen molar-refractivity contribution in [1.29, 1.82) is 10.5 Å². The smallest absolute Gasteiger partial charge is 0.136 e. The second kappa shape index (κ2) is 10.2. The van der Waals surface area contributed by atoms with Crippen LogP contribution in [-0.4, -0.2) is 9.13 Å². The van der Waals surface area contributed by atoms with Crippen LogP contribution in [0.3, 0.4) is 0 Å². The number of rotatable bonds is 3. The van der Waals surface area contributed by atoms with Crippen molar-refractivity contribution in [2.24, 2.45) is 0 Å². The van der Waals surface area contributed by atoms with E-state index in [1.165, 1.54) is 0 Å². The summed E-state index contributed by atoms with van der Waals surface area (Å²) >= 11 is 0. The van der Waals surface area contributed by atoms with Gasteiger partial charge in [0.25, 0.3) is 0 Å². The number of furan rings is 1. The number of hydrogen-bond acceptors (Lipinski definition) is 3. The molecule has 3 aromatic heterocycles. The lowest BCUT2D eigenvalue weighted by molar-refractivity contribution is 0.669. The van der Waals surface area contributed by atoms with E-state index in [0.717, 1.165) is 88.1 Å². The number of aromatic nitrogens is 2. The van der Waals surface area contributed by atoms with Gasteiger partial charge in [-0.25, -0.2) is 0 Å². The number of benzene rings is 7.